The van der Waals surface area contributed by atoms with Gasteiger partial charge in [0.05, 0.1) is 13.7 Å². The topological polar surface area (TPSA) is 102 Å². The van der Waals surface area contributed by atoms with Crippen LogP contribution >= 0.6 is 0 Å². The lowest BCUT2D eigenvalue weighted by molar-refractivity contribution is -0.120. The van der Waals surface area contributed by atoms with Crippen LogP contribution in [0.15, 0.2) is 42.0 Å². The van der Waals surface area contributed by atoms with Crippen LogP contribution in [0.25, 0.3) is 0 Å². The van der Waals surface area contributed by atoms with Crippen molar-refractivity contribution in [2.75, 3.05) is 13.7 Å². The number of hydrogen-bond acceptors (Lipinski definition) is 6. The Morgan fingerprint density at radius 1 is 1.22 bits per heavy atom. The van der Waals surface area contributed by atoms with Gasteiger partial charge in [0.2, 0.25) is 5.91 Å². The highest BCUT2D eigenvalue weighted by molar-refractivity contribution is 5.99. The van der Waals surface area contributed by atoms with Gasteiger partial charge in [-0.25, -0.2) is 4.79 Å². The van der Waals surface area contributed by atoms with Crippen molar-refractivity contribution < 1.29 is 29.0 Å². The van der Waals surface area contributed by atoms with Gasteiger partial charge in [-0.2, -0.15) is 0 Å². The van der Waals surface area contributed by atoms with Crippen molar-refractivity contribution in [3.8, 4) is 11.5 Å². The largest absolute Gasteiger partial charge is 0.507 e. The number of ketones is 1. The molecule has 0 radical (unpaired) electrons. The van der Waals surface area contributed by atoms with E-state index in [-0.39, 0.29) is 42.6 Å². The number of benzene rings is 2. The van der Waals surface area contributed by atoms with Crippen molar-refractivity contribution in [1.29, 1.82) is 0 Å². The van der Waals surface area contributed by atoms with Crippen molar-refractivity contribution >= 4 is 17.7 Å². The standard InChI is InChI=1S/C25H27NO6/c1-15(10-12-21(28)26-13-20(27)17-7-5-4-6-8-17)9-11-18-23(29)22-19(14-32-25(22)30)16(2)24(18)31-3/h4-9,29H,10-14H2,1-3H3,(H,26,28)/b15-9+. The highest BCUT2D eigenvalue weighted by Gasteiger charge is 2.31. The number of aromatic hydroxyl groups is 1. The quantitative estimate of drug-likeness (QED) is 0.353. The van der Waals surface area contributed by atoms with E-state index >= 15 is 0 Å². The Balaban J connectivity index is 1.59. The zero-order valence-electron chi connectivity index (χ0n) is 18.5. The molecule has 7 heteroatoms. The zero-order valence-corrected chi connectivity index (χ0v) is 18.5. The number of hydrogen-bond donors (Lipinski definition) is 2. The molecule has 0 spiro atoms. The van der Waals surface area contributed by atoms with Gasteiger partial charge in [0.25, 0.3) is 0 Å². The smallest absolute Gasteiger partial charge is 0.342 e. The maximum Gasteiger partial charge on any atom is 0.342 e. The van der Waals surface area contributed by atoms with Gasteiger partial charge in [0, 0.05) is 23.1 Å². The molecule has 1 aliphatic heterocycles. The highest BCUT2D eigenvalue weighted by Crippen LogP contribution is 2.42. The SMILES string of the molecule is COc1c(C)c2c(c(O)c1C/C=C(\C)CCC(=O)NCC(=O)c1ccccc1)C(=O)OC2. The number of amides is 1. The molecule has 0 saturated heterocycles. The first kappa shape index (κ1) is 23.1. The Morgan fingerprint density at radius 2 is 1.94 bits per heavy atom. The number of fused-ring (bicyclic) bond motifs is 1. The van der Waals surface area contributed by atoms with Gasteiger partial charge in [-0.05, 0) is 32.3 Å². The molecule has 0 saturated carbocycles. The van der Waals surface area contributed by atoms with Crippen molar-refractivity contribution in [2.45, 2.75) is 39.7 Å². The summed E-state index contributed by atoms with van der Waals surface area (Å²) in [6, 6.07) is 8.81. The van der Waals surface area contributed by atoms with Gasteiger partial charge in [-0.15, -0.1) is 0 Å². The Labute approximate surface area is 187 Å². The van der Waals surface area contributed by atoms with E-state index in [1.807, 2.05) is 26.0 Å². The van der Waals surface area contributed by atoms with Gasteiger partial charge in [-0.1, -0.05) is 42.0 Å². The molecule has 7 nitrogen and oxygen atoms in total. The van der Waals surface area contributed by atoms with Gasteiger partial charge in [-0.3, -0.25) is 9.59 Å². The van der Waals surface area contributed by atoms with Gasteiger partial charge < -0.3 is 19.9 Å². The lowest BCUT2D eigenvalue weighted by Crippen LogP contribution is -2.29. The lowest BCUT2D eigenvalue weighted by atomic mass is 9.94. The number of allylic oxidation sites excluding steroid dienone is 2. The molecule has 0 unspecified atom stereocenters. The van der Waals surface area contributed by atoms with E-state index in [0.717, 1.165) is 11.1 Å². The van der Waals surface area contributed by atoms with E-state index in [2.05, 4.69) is 5.32 Å². The molecule has 168 valence electrons. The molecule has 1 amide bonds. The van der Waals surface area contributed by atoms with Gasteiger partial charge >= 0.3 is 5.97 Å². The fourth-order valence-electron chi connectivity index (χ4n) is 3.71. The van der Waals surface area contributed by atoms with Gasteiger partial charge in [0.1, 0.15) is 23.7 Å². The molecular formula is C25H27NO6. The number of carbonyl (C=O) groups excluding carboxylic acids is 3. The third-order valence-corrected chi connectivity index (χ3v) is 5.59. The summed E-state index contributed by atoms with van der Waals surface area (Å²) < 4.78 is 10.5. The van der Waals surface area contributed by atoms with E-state index in [4.69, 9.17) is 9.47 Å². The molecule has 0 aromatic heterocycles. The molecule has 2 N–H and O–H groups in total. The maximum absolute atomic E-state index is 12.1. The van der Waals surface area contributed by atoms with Crippen LogP contribution in [-0.4, -0.2) is 36.4 Å². The Hall–Kier alpha value is -3.61. The monoisotopic (exact) mass is 437 g/mol. The summed E-state index contributed by atoms with van der Waals surface area (Å²) in [7, 11) is 1.52. The summed E-state index contributed by atoms with van der Waals surface area (Å²) in [5, 5.41) is 13.3. The van der Waals surface area contributed by atoms with Crippen LogP contribution in [0.3, 0.4) is 0 Å². The van der Waals surface area contributed by atoms with E-state index in [1.165, 1.54) is 7.11 Å². The molecule has 0 aliphatic carbocycles. The second-order valence-electron chi connectivity index (χ2n) is 7.74. The summed E-state index contributed by atoms with van der Waals surface area (Å²) >= 11 is 0. The molecular weight excluding hydrogens is 410 g/mol. The molecule has 2 aromatic carbocycles. The van der Waals surface area contributed by atoms with Crippen LogP contribution in [0.4, 0.5) is 0 Å². The number of nitrogens with one attached hydrogen (secondary N) is 1. The van der Waals surface area contributed by atoms with Crippen molar-refractivity contribution in [3.63, 3.8) is 0 Å². The fourth-order valence-corrected chi connectivity index (χ4v) is 3.71. The van der Waals surface area contributed by atoms with E-state index in [1.54, 1.807) is 24.3 Å². The number of Topliss-reactive ketones (excluding diaryl/α,β-unsaturated/α-hetero) is 1. The zero-order chi connectivity index (χ0) is 23.3. The molecule has 0 fully saturated rings. The number of phenols is 1. The van der Waals surface area contributed by atoms with Gasteiger partial charge in [0.15, 0.2) is 5.78 Å². The van der Waals surface area contributed by atoms with Crippen LogP contribution in [0.2, 0.25) is 0 Å². The summed E-state index contributed by atoms with van der Waals surface area (Å²) in [6.07, 6.45) is 2.98. The van der Waals surface area contributed by atoms with Crippen molar-refractivity contribution in [3.05, 3.63) is 69.8 Å². The van der Waals surface area contributed by atoms with Crippen LogP contribution in [0.1, 0.15) is 57.2 Å². The van der Waals surface area contributed by atoms with Crippen LogP contribution in [0, 0.1) is 6.92 Å². The number of cyclic esters (lactones) is 1. The third kappa shape index (κ3) is 4.99. The first-order chi connectivity index (χ1) is 15.3. The number of methoxy groups -OCH3 is 1. The Morgan fingerprint density at radius 3 is 2.62 bits per heavy atom. The second kappa shape index (κ2) is 10.1. The summed E-state index contributed by atoms with van der Waals surface area (Å²) in [6.45, 7) is 3.81. The minimum atomic E-state index is -0.535. The summed E-state index contributed by atoms with van der Waals surface area (Å²) in [4.78, 5) is 36.2. The molecule has 3 rings (SSSR count). The van der Waals surface area contributed by atoms with Crippen molar-refractivity contribution in [1.82, 2.24) is 5.32 Å². The third-order valence-electron chi connectivity index (χ3n) is 5.59. The first-order valence-corrected chi connectivity index (χ1v) is 10.4. The minimum Gasteiger partial charge on any atom is -0.507 e. The van der Waals surface area contributed by atoms with Crippen LogP contribution in [0.5, 0.6) is 11.5 Å². The Bertz CT molecular complexity index is 1070. The molecule has 32 heavy (non-hydrogen) atoms. The van der Waals surface area contributed by atoms with Crippen molar-refractivity contribution in [2.24, 2.45) is 0 Å². The number of carbonyl (C=O) groups is 3. The predicted octanol–water partition coefficient (Wildman–Crippen LogP) is 3.65. The molecule has 1 aliphatic rings. The van der Waals surface area contributed by atoms with E-state index < -0.39 is 5.97 Å². The maximum atomic E-state index is 12.1. The summed E-state index contributed by atoms with van der Waals surface area (Å²) in [5.41, 5.74) is 3.64. The lowest BCUT2D eigenvalue weighted by Gasteiger charge is -2.15. The number of rotatable bonds is 9. The highest BCUT2D eigenvalue weighted by atomic mass is 16.5. The second-order valence-corrected chi connectivity index (χ2v) is 7.74. The predicted molar refractivity (Wildman–Crippen MR) is 119 cm³/mol. The number of phenolic OH excluding ortho intramolecular Hbond substituents is 1. The molecule has 0 bridgehead atoms. The summed E-state index contributed by atoms with van der Waals surface area (Å²) in [5.74, 6) is -0.475. The molecule has 0 atom stereocenters. The van der Waals surface area contributed by atoms with E-state index in [9.17, 15) is 19.5 Å². The van der Waals surface area contributed by atoms with E-state index in [0.29, 0.717) is 35.3 Å². The molecule has 1 heterocycles. The van der Waals surface area contributed by atoms with Crippen LogP contribution < -0.4 is 10.1 Å². The normalized spacial score (nSPS) is 12.8. The van der Waals surface area contributed by atoms with Crippen LogP contribution in [-0.2, 0) is 22.6 Å². The average Bonchev–Trinajstić information content (AvgIpc) is 3.19. The fraction of sp³-hybridized carbons (Fsp3) is 0.320. The number of ether oxygens (including phenoxy) is 2. The first-order valence-electron chi connectivity index (χ1n) is 10.4. The minimum absolute atomic E-state index is 0.0405. The number of esters is 1. The average molecular weight is 437 g/mol. The Kier molecular flexibility index (Phi) is 7.30. The molecule has 2 aromatic rings.